The highest BCUT2D eigenvalue weighted by Gasteiger charge is 2.15. The number of aromatic amines is 1. The van der Waals surface area contributed by atoms with Crippen LogP contribution in [0.5, 0.6) is 5.75 Å². The predicted octanol–water partition coefficient (Wildman–Crippen LogP) is 5.24. The Bertz CT molecular complexity index is 1280. The number of H-pyrrole nitrogens is 1. The number of fused-ring (bicyclic) bond motifs is 1. The standard InChI is InChI=1S/C26H25N3O2S/c1-18-8-11-20-15-21(25(30)28-24(20)14-18)17-29(16-19-9-12-23(31-2)13-10-19)26(32)27-22-6-4-3-5-7-22/h3-15H,16-17H2,1-2H3,(H,27,32)(H,28,30). The molecule has 0 spiro atoms. The lowest BCUT2D eigenvalue weighted by molar-refractivity contribution is 0.406. The quantitative estimate of drug-likeness (QED) is 0.399. The van der Waals surface area contributed by atoms with Crippen LogP contribution in [-0.4, -0.2) is 22.1 Å². The molecule has 4 rings (SSSR count). The number of nitrogens with zero attached hydrogens (tertiary/aromatic N) is 1. The van der Waals surface area contributed by atoms with Crippen molar-refractivity contribution in [1.82, 2.24) is 9.88 Å². The highest BCUT2D eigenvalue weighted by atomic mass is 32.1. The maximum Gasteiger partial charge on any atom is 0.253 e. The number of hydrogen-bond donors (Lipinski definition) is 2. The molecule has 32 heavy (non-hydrogen) atoms. The van der Waals surface area contributed by atoms with Gasteiger partial charge in [0.1, 0.15) is 5.75 Å². The van der Waals surface area contributed by atoms with E-state index in [1.807, 2.05) is 90.7 Å². The van der Waals surface area contributed by atoms with Crippen LogP contribution < -0.4 is 15.6 Å². The molecule has 0 aliphatic carbocycles. The van der Waals surface area contributed by atoms with Crippen molar-refractivity contribution in [1.29, 1.82) is 0 Å². The molecule has 1 heterocycles. The third kappa shape index (κ3) is 5.15. The maximum absolute atomic E-state index is 12.8. The molecule has 0 bridgehead atoms. The van der Waals surface area contributed by atoms with Crippen LogP contribution in [0, 0.1) is 6.92 Å². The van der Waals surface area contributed by atoms with Crippen LogP contribution >= 0.6 is 12.2 Å². The van der Waals surface area contributed by atoms with E-state index in [1.165, 1.54) is 0 Å². The van der Waals surface area contributed by atoms with Crippen molar-refractivity contribution in [3.63, 3.8) is 0 Å². The summed E-state index contributed by atoms with van der Waals surface area (Å²) in [5.74, 6) is 0.798. The molecule has 0 saturated heterocycles. The van der Waals surface area contributed by atoms with E-state index in [9.17, 15) is 4.79 Å². The molecular formula is C26H25N3O2S. The van der Waals surface area contributed by atoms with Crippen LogP contribution in [0.25, 0.3) is 10.9 Å². The van der Waals surface area contributed by atoms with Gasteiger partial charge in [-0.2, -0.15) is 0 Å². The van der Waals surface area contributed by atoms with Crippen molar-refractivity contribution in [2.24, 2.45) is 0 Å². The fraction of sp³-hybridized carbons (Fsp3) is 0.154. The highest BCUT2D eigenvalue weighted by molar-refractivity contribution is 7.80. The summed E-state index contributed by atoms with van der Waals surface area (Å²) >= 11 is 5.74. The Morgan fingerprint density at radius 3 is 2.47 bits per heavy atom. The summed E-state index contributed by atoms with van der Waals surface area (Å²) in [4.78, 5) is 17.8. The summed E-state index contributed by atoms with van der Waals surface area (Å²) < 4.78 is 5.26. The van der Waals surface area contributed by atoms with Gasteiger partial charge in [-0.15, -0.1) is 0 Å². The third-order valence-electron chi connectivity index (χ3n) is 5.28. The molecule has 3 aromatic carbocycles. The molecule has 0 saturated carbocycles. The van der Waals surface area contributed by atoms with Gasteiger partial charge in [0, 0.05) is 23.3 Å². The second-order valence-corrected chi connectivity index (χ2v) is 8.10. The third-order valence-corrected chi connectivity index (χ3v) is 5.64. The van der Waals surface area contributed by atoms with E-state index in [1.54, 1.807) is 7.11 Å². The Hall–Kier alpha value is -3.64. The van der Waals surface area contributed by atoms with Crippen LogP contribution in [-0.2, 0) is 13.1 Å². The minimum atomic E-state index is -0.106. The van der Waals surface area contributed by atoms with Crippen molar-refractivity contribution in [2.75, 3.05) is 12.4 Å². The lowest BCUT2D eigenvalue weighted by atomic mass is 10.1. The highest BCUT2D eigenvalue weighted by Crippen LogP contribution is 2.18. The molecule has 1 aromatic heterocycles. The summed E-state index contributed by atoms with van der Waals surface area (Å²) in [6, 6.07) is 25.6. The van der Waals surface area contributed by atoms with Gasteiger partial charge in [-0.05, 0) is 72.1 Å². The second-order valence-electron chi connectivity index (χ2n) is 7.71. The number of pyridine rings is 1. The maximum atomic E-state index is 12.8. The number of rotatable bonds is 6. The molecule has 0 unspecified atom stereocenters. The van der Waals surface area contributed by atoms with Crippen molar-refractivity contribution in [3.8, 4) is 5.75 Å². The number of methoxy groups -OCH3 is 1. The predicted molar refractivity (Wildman–Crippen MR) is 134 cm³/mol. The minimum Gasteiger partial charge on any atom is -0.497 e. The number of hydrogen-bond acceptors (Lipinski definition) is 3. The normalized spacial score (nSPS) is 10.7. The molecule has 6 heteroatoms. The first-order valence-electron chi connectivity index (χ1n) is 10.4. The number of ether oxygens (including phenoxy) is 1. The zero-order valence-electron chi connectivity index (χ0n) is 18.1. The van der Waals surface area contributed by atoms with E-state index in [4.69, 9.17) is 17.0 Å². The van der Waals surface area contributed by atoms with Gasteiger partial charge in [-0.25, -0.2) is 0 Å². The first-order chi connectivity index (χ1) is 15.5. The lowest BCUT2D eigenvalue weighted by Gasteiger charge is -2.26. The second kappa shape index (κ2) is 9.66. The van der Waals surface area contributed by atoms with Crippen LogP contribution in [0.2, 0.25) is 0 Å². The van der Waals surface area contributed by atoms with Gasteiger partial charge >= 0.3 is 0 Å². The Morgan fingerprint density at radius 2 is 1.75 bits per heavy atom. The molecule has 162 valence electrons. The minimum absolute atomic E-state index is 0.106. The Kier molecular flexibility index (Phi) is 6.52. The Labute approximate surface area is 192 Å². The van der Waals surface area contributed by atoms with Crippen molar-refractivity contribution < 1.29 is 4.74 Å². The summed E-state index contributed by atoms with van der Waals surface area (Å²) in [5.41, 5.74) is 4.47. The summed E-state index contributed by atoms with van der Waals surface area (Å²) in [5, 5.41) is 4.84. The lowest BCUT2D eigenvalue weighted by Crippen LogP contribution is -2.35. The van der Waals surface area contributed by atoms with Gasteiger partial charge in [-0.1, -0.05) is 42.5 Å². The van der Waals surface area contributed by atoms with Crippen molar-refractivity contribution in [2.45, 2.75) is 20.0 Å². The number of benzene rings is 3. The molecular weight excluding hydrogens is 418 g/mol. The van der Waals surface area contributed by atoms with Crippen LogP contribution in [0.4, 0.5) is 5.69 Å². The van der Waals surface area contributed by atoms with Gasteiger partial charge < -0.3 is 19.9 Å². The summed E-state index contributed by atoms with van der Waals surface area (Å²) in [6.07, 6.45) is 0. The van der Waals surface area contributed by atoms with Crippen LogP contribution in [0.3, 0.4) is 0 Å². The molecule has 0 fully saturated rings. The molecule has 5 nitrogen and oxygen atoms in total. The SMILES string of the molecule is COc1ccc(CN(Cc2cc3ccc(C)cc3[nH]c2=O)C(=S)Nc2ccccc2)cc1. The Morgan fingerprint density at radius 1 is 1.00 bits per heavy atom. The van der Waals surface area contributed by atoms with E-state index in [-0.39, 0.29) is 5.56 Å². The van der Waals surface area contributed by atoms with Crippen LogP contribution in [0.1, 0.15) is 16.7 Å². The fourth-order valence-corrected chi connectivity index (χ4v) is 3.80. The van der Waals surface area contributed by atoms with Crippen molar-refractivity contribution in [3.05, 3.63) is 106 Å². The molecule has 0 radical (unpaired) electrons. The number of para-hydroxylation sites is 1. The van der Waals surface area contributed by atoms with Crippen LogP contribution in [0.15, 0.2) is 83.7 Å². The number of aromatic nitrogens is 1. The van der Waals surface area contributed by atoms with E-state index in [2.05, 4.69) is 10.3 Å². The van der Waals surface area contributed by atoms with E-state index in [0.29, 0.717) is 23.8 Å². The monoisotopic (exact) mass is 443 g/mol. The number of thiocarbonyl (C=S) groups is 1. The summed E-state index contributed by atoms with van der Waals surface area (Å²) in [7, 11) is 1.65. The van der Waals surface area contributed by atoms with Gasteiger partial charge in [0.15, 0.2) is 5.11 Å². The van der Waals surface area contributed by atoms with E-state index >= 15 is 0 Å². The molecule has 4 aromatic rings. The van der Waals surface area contributed by atoms with Crippen molar-refractivity contribution >= 4 is 33.9 Å². The smallest absolute Gasteiger partial charge is 0.253 e. The number of aryl methyl sites for hydroxylation is 1. The molecule has 0 aliphatic rings. The largest absolute Gasteiger partial charge is 0.497 e. The topological polar surface area (TPSA) is 57.4 Å². The number of nitrogens with one attached hydrogen (secondary N) is 2. The van der Waals surface area contributed by atoms with Gasteiger partial charge in [0.25, 0.3) is 5.56 Å². The summed E-state index contributed by atoms with van der Waals surface area (Å²) in [6.45, 7) is 2.94. The molecule has 0 aliphatic heterocycles. The van der Waals surface area contributed by atoms with Gasteiger partial charge in [0.05, 0.1) is 13.7 Å². The average molecular weight is 444 g/mol. The van der Waals surface area contributed by atoms with Gasteiger partial charge in [-0.3, -0.25) is 4.79 Å². The Balaban J connectivity index is 1.63. The zero-order valence-corrected chi connectivity index (χ0v) is 18.9. The van der Waals surface area contributed by atoms with Gasteiger partial charge in [0.2, 0.25) is 0 Å². The first kappa shape index (κ1) is 21.6. The first-order valence-corrected chi connectivity index (χ1v) is 10.8. The molecule has 2 N–H and O–H groups in total. The number of anilines is 1. The molecule has 0 atom stereocenters. The average Bonchev–Trinajstić information content (AvgIpc) is 2.80. The van der Waals surface area contributed by atoms with E-state index in [0.717, 1.165) is 33.5 Å². The van der Waals surface area contributed by atoms with E-state index < -0.39 is 0 Å². The molecule has 0 amide bonds. The zero-order chi connectivity index (χ0) is 22.5. The fourth-order valence-electron chi connectivity index (χ4n) is 3.56.